The van der Waals surface area contributed by atoms with Crippen LogP contribution in [0.2, 0.25) is 10.0 Å². The van der Waals surface area contributed by atoms with Gasteiger partial charge in [0.25, 0.3) is 0 Å². The Labute approximate surface area is 131 Å². The van der Waals surface area contributed by atoms with Crippen LogP contribution in [0.25, 0.3) is 0 Å². The van der Waals surface area contributed by atoms with E-state index in [1.54, 1.807) is 12.1 Å². The van der Waals surface area contributed by atoms with Crippen molar-refractivity contribution >= 4 is 23.2 Å². The van der Waals surface area contributed by atoms with Gasteiger partial charge >= 0.3 is 0 Å². The number of halogens is 2. The number of hydrogen-bond acceptors (Lipinski definition) is 2. The number of nitrogens with zero attached hydrogens (tertiary/aromatic N) is 1. The Balaban J connectivity index is 1.94. The Morgan fingerprint density at radius 2 is 1.85 bits per heavy atom. The summed E-state index contributed by atoms with van der Waals surface area (Å²) < 4.78 is 0. The van der Waals surface area contributed by atoms with Crippen LogP contribution < -0.4 is 0 Å². The summed E-state index contributed by atoms with van der Waals surface area (Å²) in [6, 6.07) is 6.58. The normalized spacial score (nSPS) is 25.6. The van der Waals surface area contributed by atoms with Crippen molar-refractivity contribution in [3.63, 3.8) is 0 Å². The Morgan fingerprint density at radius 3 is 2.45 bits per heavy atom. The quantitative estimate of drug-likeness (QED) is 0.872. The molecule has 0 saturated carbocycles. The van der Waals surface area contributed by atoms with Crippen molar-refractivity contribution < 1.29 is 5.11 Å². The molecule has 0 aromatic heterocycles. The molecule has 1 N–H and O–H groups in total. The van der Waals surface area contributed by atoms with Gasteiger partial charge in [0.15, 0.2) is 0 Å². The van der Waals surface area contributed by atoms with Gasteiger partial charge in [-0.05, 0) is 50.8 Å². The van der Waals surface area contributed by atoms with E-state index in [1.807, 2.05) is 6.07 Å². The lowest BCUT2D eigenvalue weighted by atomic mass is 9.96. The maximum atomic E-state index is 10.3. The van der Waals surface area contributed by atoms with Crippen LogP contribution in [0.4, 0.5) is 0 Å². The minimum Gasteiger partial charge on any atom is -0.388 e. The van der Waals surface area contributed by atoms with E-state index in [1.165, 1.54) is 19.3 Å². The van der Waals surface area contributed by atoms with Gasteiger partial charge in [-0.2, -0.15) is 0 Å². The molecule has 1 aromatic rings. The molecule has 112 valence electrons. The van der Waals surface area contributed by atoms with Gasteiger partial charge in [-0.1, -0.05) is 35.7 Å². The van der Waals surface area contributed by atoms with Gasteiger partial charge in [-0.25, -0.2) is 0 Å². The molecule has 2 nitrogen and oxygen atoms in total. The maximum absolute atomic E-state index is 10.3. The largest absolute Gasteiger partial charge is 0.388 e. The fourth-order valence-electron chi connectivity index (χ4n) is 3.07. The summed E-state index contributed by atoms with van der Waals surface area (Å²) in [5.41, 5.74) is 0.844. The van der Waals surface area contributed by atoms with Gasteiger partial charge < -0.3 is 5.11 Å². The van der Waals surface area contributed by atoms with Crippen LogP contribution in [-0.4, -0.2) is 28.6 Å². The molecule has 1 fully saturated rings. The number of rotatable bonds is 4. The van der Waals surface area contributed by atoms with E-state index in [0.29, 0.717) is 22.1 Å². The van der Waals surface area contributed by atoms with E-state index in [0.717, 1.165) is 18.5 Å². The molecule has 1 heterocycles. The minimum absolute atomic E-state index is 0.480. The number of likely N-dealkylation sites (tertiary alicyclic amines) is 1. The minimum atomic E-state index is -0.480. The third-order valence-electron chi connectivity index (χ3n) is 4.37. The first kappa shape index (κ1) is 16.1. The highest BCUT2D eigenvalue weighted by Crippen LogP contribution is 2.28. The van der Waals surface area contributed by atoms with Crippen molar-refractivity contribution in [3.8, 4) is 0 Å². The summed E-state index contributed by atoms with van der Waals surface area (Å²) in [4.78, 5) is 2.50. The molecule has 0 radical (unpaired) electrons. The number of benzene rings is 1. The molecule has 1 saturated heterocycles. The smallest absolute Gasteiger partial charge is 0.0802 e. The average molecular weight is 316 g/mol. The number of hydrogen-bond donors (Lipinski definition) is 1. The van der Waals surface area contributed by atoms with E-state index in [-0.39, 0.29) is 0 Å². The molecule has 3 unspecified atom stereocenters. The third kappa shape index (κ3) is 3.88. The zero-order valence-corrected chi connectivity index (χ0v) is 13.7. The van der Waals surface area contributed by atoms with Gasteiger partial charge in [-0.3, -0.25) is 4.90 Å². The second kappa shape index (κ2) is 7.13. The SMILES string of the molecule is CC1CCCC(C)N1CCC(O)c1ccc(Cl)c(Cl)c1. The topological polar surface area (TPSA) is 23.5 Å². The summed E-state index contributed by atoms with van der Waals surface area (Å²) in [6.07, 6.45) is 4.08. The fraction of sp³-hybridized carbons (Fsp3) is 0.625. The van der Waals surface area contributed by atoms with E-state index in [9.17, 15) is 5.11 Å². The summed E-state index contributed by atoms with van der Waals surface area (Å²) >= 11 is 11.9. The average Bonchev–Trinajstić information content (AvgIpc) is 2.41. The Morgan fingerprint density at radius 1 is 1.20 bits per heavy atom. The van der Waals surface area contributed by atoms with Crippen LogP contribution >= 0.6 is 23.2 Å². The summed E-state index contributed by atoms with van der Waals surface area (Å²) in [5, 5.41) is 11.3. The molecule has 0 aliphatic carbocycles. The predicted octanol–water partition coefficient (Wildman–Crippen LogP) is 4.68. The molecule has 2 rings (SSSR count). The number of piperidine rings is 1. The van der Waals surface area contributed by atoms with Crippen LogP contribution in [0, 0.1) is 0 Å². The van der Waals surface area contributed by atoms with Gasteiger partial charge in [0.1, 0.15) is 0 Å². The molecule has 4 heteroatoms. The molecule has 0 amide bonds. The van der Waals surface area contributed by atoms with Crippen LogP contribution in [0.5, 0.6) is 0 Å². The maximum Gasteiger partial charge on any atom is 0.0802 e. The third-order valence-corrected chi connectivity index (χ3v) is 5.10. The highest BCUT2D eigenvalue weighted by molar-refractivity contribution is 6.42. The van der Waals surface area contributed by atoms with Crippen LogP contribution in [0.1, 0.15) is 51.2 Å². The lowest BCUT2D eigenvalue weighted by Crippen LogP contribution is -2.44. The summed E-state index contributed by atoms with van der Waals surface area (Å²) in [5.74, 6) is 0. The number of aliphatic hydroxyl groups is 1. The monoisotopic (exact) mass is 315 g/mol. The Kier molecular flexibility index (Phi) is 5.74. The standard InChI is InChI=1S/C16H23Cl2NO/c1-11-4-3-5-12(2)19(11)9-8-16(20)13-6-7-14(17)15(18)10-13/h6-7,10-12,16,20H,3-5,8-9H2,1-2H3. The van der Waals surface area contributed by atoms with Crippen LogP contribution in [0.3, 0.4) is 0 Å². The molecule has 0 spiro atoms. The second-order valence-electron chi connectivity index (χ2n) is 5.84. The first-order chi connectivity index (χ1) is 9.49. The van der Waals surface area contributed by atoms with E-state index >= 15 is 0 Å². The van der Waals surface area contributed by atoms with Crippen LogP contribution in [-0.2, 0) is 0 Å². The van der Waals surface area contributed by atoms with Crippen molar-refractivity contribution in [3.05, 3.63) is 33.8 Å². The fourth-order valence-corrected chi connectivity index (χ4v) is 3.38. The summed E-state index contributed by atoms with van der Waals surface area (Å²) in [6.45, 7) is 5.48. The van der Waals surface area contributed by atoms with E-state index in [4.69, 9.17) is 23.2 Å². The summed E-state index contributed by atoms with van der Waals surface area (Å²) in [7, 11) is 0. The first-order valence-corrected chi connectivity index (χ1v) is 8.13. The zero-order chi connectivity index (χ0) is 14.7. The van der Waals surface area contributed by atoms with Gasteiger partial charge in [0.2, 0.25) is 0 Å². The zero-order valence-electron chi connectivity index (χ0n) is 12.1. The van der Waals surface area contributed by atoms with Crippen molar-refractivity contribution in [2.45, 2.75) is 57.7 Å². The molecule has 0 bridgehead atoms. The molecular weight excluding hydrogens is 293 g/mol. The van der Waals surface area contributed by atoms with Crippen molar-refractivity contribution in [1.82, 2.24) is 4.90 Å². The molecule has 20 heavy (non-hydrogen) atoms. The van der Waals surface area contributed by atoms with Crippen molar-refractivity contribution in [2.24, 2.45) is 0 Å². The predicted molar refractivity (Wildman–Crippen MR) is 85.5 cm³/mol. The first-order valence-electron chi connectivity index (χ1n) is 7.37. The lowest BCUT2D eigenvalue weighted by molar-refractivity contribution is 0.0748. The molecule has 3 atom stereocenters. The second-order valence-corrected chi connectivity index (χ2v) is 6.66. The highest BCUT2D eigenvalue weighted by Gasteiger charge is 2.25. The van der Waals surface area contributed by atoms with Crippen molar-refractivity contribution in [2.75, 3.05) is 6.54 Å². The molecule has 1 aliphatic heterocycles. The van der Waals surface area contributed by atoms with Gasteiger partial charge in [0, 0.05) is 18.6 Å². The van der Waals surface area contributed by atoms with E-state index < -0.39 is 6.10 Å². The number of aliphatic hydroxyl groups excluding tert-OH is 1. The molecule has 1 aliphatic rings. The van der Waals surface area contributed by atoms with Crippen LogP contribution in [0.15, 0.2) is 18.2 Å². The Hall–Kier alpha value is -0.280. The lowest BCUT2D eigenvalue weighted by Gasteiger charge is -2.39. The van der Waals surface area contributed by atoms with Gasteiger partial charge in [-0.15, -0.1) is 0 Å². The van der Waals surface area contributed by atoms with Crippen molar-refractivity contribution in [1.29, 1.82) is 0 Å². The molecule has 1 aromatic carbocycles. The molecular formula is C16H23Cl2NO. The highest BCUT2D eigenvalue weighted by atomic mass is 35.5. The van der Waals surface area contributed by atoms with E-state index in [2.05, 4.69) is 18.7 Å². The Bertz CT molecular complexity index is 442. The van der Waals surface area contributed by atoms with Gasteiger partial charge in [0.05, 0.1) is 16.1 Å².